The van der Waals surface area contributed by atoms with Crippen molar-refractivity contribution in [2.75, 3.05) is 6.54 Å². The van der Waals surface area contributed by atoms with Crippen molar-refractivity contribution in [3.8, 4) is 0 Å². The smallest absolute Gasteiger partial charge is 0.251 e. The van der Waals surface area contributed by atoms with E-state index in [2.05, 4.69) is 5.32 Å². The Morgan fingerprint density at radius 1 is 1.44 bits per heavy atom. The van der Waals surface area contributed by atoms with E-state index in [1.165, 1.54) is 12.1 Å². The van der Waals surface area contributed by atoms with Gasteiger partial charge in [0.05, 0.1) is 10.6 Å². The molecule has 1 rings (SSSR count). The molecule has 0 aliphatic carbocycles. The molecule has 0 bridgehead atoms. The lowest BCUT2D eigenvalue weighted by atomic mass is 9.97. The number of amides is 1. The van der Waals surface area contributed by atoms with Crippen molar-refractivity contribution >= 4 is 17.5 Å². The Kier molecular flexibility index (Phi) is 5.11. The molecule has 3 nitrogen and oxygen atoms in total. The Labute approximate surface area is 111 Å². The zero-order valence-electron chi connectivity index (χ0n) is 10.5. The van der Waals surface area contributed by atoms with Crippen molar-refractivity contribution in [1.29, 1.82) is 0 Å². The van der Waals surface area contributed by atoms with Crippen molar-refractivity contribution in [3.63, 3.8) is 0 Å². The van der Waals surface area contributed by atoms with Crippen molar-refractivity contribution in [2.24, 2.45) is 0 Å². The predicted molar refractivity (Wildman–Crippen MR) is 69.3 cm³/mol. The van der Waals surface area contributed by atoms with Crippen LogP contribution in [0.5, 0.6) is 0 Å². The summed E-state index contributed by atoms with van der Waals surface area (Å²) in [6, 6.07) is 3.76. The number of carbonyl (C=O) groups excluding carboxylic acids is 1. The fourth-order valence-corrected chi connectivity index (χ4v) is 1.66. The molecule has 1 amide bonds. The van der Waals surface area contributed by atoms with Crippen molar-refractivity contribution in [1.82, 2.24) is 5.32 Å². The minimum atomic E-state index is -0.903. The minimum Gasteiger partial charge on any atom is -0.388 e. The molecule has 0 aromatic heterocycles. The number of carbonyl (C=O) groups is 1. The number of rotatable bonds is 5. The van der Waals surface area contributed by atoms with Crippen LogP contribution in [0.4, 0.5) is 4.39 Å². The first-order valence-corrected chi connectivity index (χ1v) is 6.25. The molecule has 100 valence electrons. The third-order valence-electron chi connectivity index (χ3n) is 3.08. The Bertz CT molecular complexity index is 433. The molecular formula is C13H17ClFNO2. The van der Waals surface area contributed by atoms with Crippen LogP contribution in [0.15, 0.2) is 18.2 Å². The average Bonchev–Trinajstić information content (AvgIpc) is 2.38. The maximum atomic E-state index is 12.9. The first-order chi connectivity index (χ1) is 8.41. The van der Waals surface area contributed by atoms with Gasteiger partial charge in [-0.2, -0.15) is 0 Å². The van der Waals surface area contributed by atoms with E-state index in [9.17, 15) is 14.3 Å². The summed E-state index contributed by atoms with van der Waals surface area (Å²) < 4.78 is 12.9. The Morgan fingerprint density at radius 3 is 2.56 bits per heavy atom. The highest BCUT2D eigenvalue weighted by atomic mass is 35.5. The van der Waals surface area contributed by atoms with Gasteiger partial charge in [0.1, 0.15) is 5.82 Å². The van der Waals surface area contributed by atoms with E-state index in [1.807, 2.05) is 13.8 Å². The van der Waals surface area contributed by atoms with Gasteiger partial charge in [-0.15, -0.1) is 0 Å². The van der Waals surface area contributed by atoms with E-state index in [0.717, 1.165) is 6.07 Å². The summed E-state index contributed by atoms with van der Waals surface area (Å²) >= 11 is 5.60. The van der Waals surface area contributed by atoms with Crippen molar-refractivity contribution in [3.05, 3.63) is 34.6 Å². The van der Waals surface area contributed by atoms with Crippen LogP contribution in [0.2, 0.25) is 5.02 Å². The standard InChI is InChI=1S/C13H17ClFNO2/c1-3-13(18,4-2)8-16-12(17)9-5-6-11(15)10(14)7-9/h5-7,18H,3-4,8H2,1-2H3,(H,16,17). The number of halogens is 2. The molecule has 0 aliphatic heterocycles. The van der Waals surface area contributed by atoms with Crippen LogP contribution in [0.3, 0.4) is 0 Å². The van der Waals surface area contributed by atoms with Gasteiger partial charge in [-0.25, -0.2) is 4.39 Å². The lowest BCUT2D eigenvalue weighted by Gasteiger charge is -2.25. The maximum Gasteiger partial charge on any atom is 0.251 e. The van der Waals surface area contributed by atoms with Crippen LogP contribution in [0.1, 0.15) is 37.0 Å². The summed E-state index contributed by atoms with van der Waals surface area (Å²) in [5.41, 5.74) is -0.629. The maximum absolute atomic E-state index is 12.9. The molecule has 0 atom stereocenters. The van der Waals surface area contributed by atoms with Crippen LogP contribution in [-0.2, 0) is 0 Å². The van der Waals surface area contributed by atoms with Crippen LogP contribution < -0.4 is 5.32 Å². The van der Waals surface area contributed by atoms with Crippen molar-refractivity contribution < 1.29 is 14.3 Å². The van der Waals surface area contributed by atoms with Gasteiger partial charge < -0.3 is 10.4 Å². The van der Waals surface area contributed by atoms with E-state index in [4.69, 9.17) is 11.6 Å². The molecule has 1 aromatic carbocycles. The summed E-state index contributed by atoms with van der Waals surface area (Å²) in [6.07, 6.45) is 1.10. The van der Waals surface area contributed by atoms with E-state index in [0.29, 0.717) is 12.8 Å². The van der Waals surface area contributed by atoms with Gasteiger partial charge in [0.2, 0.25) is 0 Å². The van der Waals surface area contributed by atoms with Gasteiger partial charge in [-0.1, -0.05) is 25.4 Å². The highest BCUT2D eigenvalue weighted by Gasteiger charge is 2.23. The first kappa shape index (κ1) is 14.9. The Hall–Kier alpha value is -1.13. The monoisotopic (exact) mass is 273 g/mol. The fraction of sp³-hybridized carbons (Fsp3) is 0.462. The van der Waals surface area contributed by atoms with Gasteiger partial charge in [-0.05, 0) is 31.0 Å². The van der Waals surface area contributed by atoms with Gasteiger partial charge in [0.15, 0.2) is 0 Å². The van der Waals surface area contributed by atoms with Gasteiger partial charge in [-0.3, -0.25) is 4.79 Å². The largest absolute Gasteiger partial charge is 0.388 e. The molecule has 1 aromatic rings. The summed E-state index contributed by atoms with van der Waals surface area (Å²) in [7, 11) is 0. The number of hydrogen-bond donors (Lipinski definition) is 2. The topological polar surface area (TPSA) is 49.3 Å². The van der Waals surface area contributed by atoms with Crippen LogP contribution in [0.25, 0.3) is 0 Å². The number of benzene rings is 1. The quantitative estimate of drug-likeness (QED) is 0.867. The third kappa shape index (κ3) is 3.68. The summed E-state index contributed by atoms with van der Waals surface area (Å²) in [4.78, 5) is 11.8. The molecule has 0 spiro atoms. The lowest BCUT2D eigenvalue weighted by molar-refractivity contribution is 0.0314. The summed E-state index contributed by atoms with van der Waals surface area (Å²) in [6.45, 7) is 3.86. The zero-order valence-corrected chi connectivity index (χ0v) is 11.2. The summed E-state index contributed by atoms with van der Waals surface area (Å²) in [5, 5.41) is 12.5. The molecule has 18 heavy (non-hydrogen) atoms. The second-order valence-electron chi connectivity index (χ2n) is 4.24. The lowest BCUT2D eigenvalue weighted by Crippen LogP contribution is -2.42. The molecule has 0 aliphatic rings. The fourth-order valence-electron chi connectivity index (χ4n) is 1.48. The van der Waals surface area contributed by atoms with Gasteiger partial charge in [0.25, 0.3) is 5.91 Å². The Balaban J connectivity index is 2.68. The average molecular weight is 274 g/mol. The minimum absolute atomic E-state index is 0.0936. The zero-order chi connectivity index (χ0) is 13.8. The number of hydrogen-bond acceptors (Lipinski definition) is 2. The summed E-state index contributed by atoms with van der Waals surface area (Å²) in [5.74, 6) is -0.941. The number of nitrogens with one attached hydrogen (secondary N) is 1. The third-order valence-corrected chi connectivity index (χ3v) is 3.37. The molecular weight excluding hydrogens is 257 g/mol. The van der Waals surface area contributed by atoms with E-state index < -0.39 is 11.4 Å². The molecule has 2 N–H and O–H groups in total. The molecule has 0 saturated carbocycles. The first-order valence-electron chi connectivity index (χ1n) is 5.87. The normalized spacial score (nSPS) is 11.4. The SMILES string of the molecule is CCC(O)(CC)CNC(=O)c1ccc(F)c(Cl)c1. The van der Waals surface area contributed by atoms with Crippen molar-refractivity contribution in [2.45, 2.75) is 32.3 Å². The van der Waals surface area contributed by atoms with Gasteiger partial charge >= 0.3 is 0 Å². The number of aliphatic hydroxyl groups is 1. The van der Waals surface area contributed by atoms with Crippen LogP contribution in [0, 0.1) is 5.82 Å². The van der Waals surface area contributed by atoms with Crippen LogP contribution in [-0.4, -0.2) is 23.2 Å². The molecule has 5 heteroatoms. The van der Waals surface area contributed by atoms with Gasteiger partial charge in [0, 0.05) is 12.1 Å². The molecule has 0 fully saturated rings. The highest BCUT2D eigenvalue weighted by molar-refractivity contribution is 6.31. The van der Waals surface area contributed by atoms with Crippen LogP contribution >= 0.6 is 11.6 Å². The van der Waals surface area contributed by atoms with E-state index in [-0.39, 0.29) is 23.0 Å². The highest BCUT2D eigenvalue weighted by Crippen LogP contribution is 2.17. The molecule has 0 radical (unpaired) electrons. The second kappa shape index (κ2) is 6.16. The molecule has 0 unspecified atom stereocenters. The second-order valence-corrected chi connectivity index (χ2v) is 4.65. The predicted octanol–water partition coefficient (Wildman–Crippen LogP) is 2.76. The van der Waals surface area contributed by atoms with E-state index >= 15 is 0 Å². The Morgan fingerprint density at radius 2 is 2.06 bits per heavy atom. The van der Waals surface area contributed by atoms with E-state index in [1.54, 1.807) is 0 Å². The molecule has 0 saturated heterocycles. The molecule has 0 heterocycles.